The number of nitrogens with one attached hydrogen (secondary N) is 1. The molecule has 1 aliphatic carbocycles. The molecule has 1 aromatic carbocycles. The fraction of sp³-hybridized carbons (Fsp3) is 0.474. The fourth-order valence-electron chi connectivity index (χ4n) is 4.33. The van der Waals surface area contributed by atoms with Crippen molar-refractivity contribution in [2.75, 3.05) is 31.1 Å². The number of hydrogen-bond acceptors (Lipinski definition) is 6. The number of aromatic nitrogens is 1. The minimum atomic E-state index is -1.36. The molecule has 0 amide bonds. The van der Waals surface area contributed by atoms with Crippen LogP contribution in [0.5, 0.6) is 5.75 Å². The van der Waals surface area contributed by atoms with Gasteiger partial charge in [-0.2, -0.15) is 0 Å². The lowest BCUT2D eigenvalue weighted by Crippen LogP contribution is -2.47. The van der Waals surface area contributed by atoms with Crippen LogP contribution in [0.15, 0.2) is 17.1 Å². The lowest BCUT2D eigenvalue weighted by Gasteiger charge is -2.25. The van der Waals surface area contributed by atoms with E-state index in [-0.39, 0.29) is 40.5 Å². The molecule has 28 heavy (non-hydrogen) atoms. The number of pyridine rings is 1. The highest BCUT2D eigenvalue weighted by molar-refractivity contribution is 5.97. The Labute approximate surface area is 159 Å². The van der Waals surface area contributed by atoms with E-state index in [0.717, 1.165) is 25.5 Å². The first-order valence-corrected chi connectivity index (χ1v) is 9.39. The molecule has 0 radical (unpaired) electrons. The number of nitrogens with zero attached hydrogens (tertiary/aromatic N) is 2. The van der Waals surface area contributed by atoms with Gasteiger partial charge >= 0.3 is 5.97 Å². The van der Waals surface area contributed by atoms with Gasteiger partial charge in [-0.25, -0.2) is 9.18 Å². The number of fused-ring (bicyclic) bond motifs is 2. The van der Waals surface area contributed by atoms with Crippen molar-refractivity contribution < 1.29 is 24.1 Å². The summed E-state index contributed by atoms with van der Waals surface area (Å²) in [5.41, 5.74) is -0.988. The third-order valence-corrected chi connectivity index (χ3v) is 5.81. The minimum absolute atomic E-state index is 0.00318. The number of aromatic hydroxyl groups is 1. The van der Waals surface area contributed by atoms with E-state index in [1.165, 1.54) is 6.20 Å². The highest BCUT2D eigenvalue weighted by atomic mass is 19.1. The molecule has 2 aromatic rings. The SMILES string of the molecule is O=C(O)c1cn(C2CC2)c2c(O)c(N3C[C@@H]4NCCO[C@H]4C3)c(F)cc2c1=O. The van der Waals surface area contributed by atoms with Crippen molar-refractivity contribution in [3.05, 3.63) is 33.9 Å². The number of ether oxygens (including phenoxy) is 1. The molecule has 2 aliphatic heterocycles. The van der Waals surface area contributed by atoms with Gasteiger partial charge in [0.15, 0.2) is 11.6 Å². The van der Waals surface area contributed by atoms with Crippen LogP contribution in [0, 0.1) is 5.82 Å². The van der Waals surface area contributed by atoms with E-state index in [0.29, 0.717) is 19.7 Å². The zero-order valence-corrected chi connectivity index (χ0v) is 15.0. The van der Waals surface area contributed by atoms with Crippen molar-refractivity contribution in [3.8, 4) is 5.75 Å². The van der Waals surface area contributed by atoms with Crippen LogP contribution in [0.3, 0.4) is 0 Å². The molecular weight excluding hydrogens is 369 g/mol. The number of benzene rings is 1. The lowest BCUT2D eigenvalue weighted by atomic mass is 10.1. The van der Waals surface area contributed by atoms with Crippen LogP contribution in [-0.2, 0) is 4.74 Å². The first kappa shape index (κ1) is 17.4. The van der Waals surface area contributed by atoms with Crippen LogP contribution in [0.4, 0.5) is 10.1 Å². The maximum atomic E-state index is 15.0. The first-order valence-electron chi connectivity index (χ1n) is 9.39. The van der Waals surface area contributed by atoms with E-state index in [1.54, 1.807) is 9.47 Å². The molecule has 0 unspecified atom stereocenters. The monoisotopic (exact) mass is 389 g/mol. The second-order valence-corrected chi connectivity index (χ2v) is 7.64. The maximum absolute atomic E-state index is 15.0. The normalized spacial score (nSPS) is 24.5. The summed E-state index contributed by atoms with van der Waals surface area (Å²) >= 11 is 0. The molecule has 3 N–H and O–H groups in total. The number of carboxylic acids is 1. The molecule has 1 saturated carbocycles. The summed E-state index contributed by atoms with van der Waals surface area (Å²) in [6, 6.07) is 1.09. The van der Waals surface area contributed by atoms with Gasteiger partial charge in [0.2, 0.25) is 5.43 Å². The Hall–Kier alpha value is -2.65. The van der Waals surface area contributed by atoms with Gasteiger partial charge in [0.1, 0.15) is 11.3 Å². The van der Waals surface area contributed by atoms with Crippen molar-refractivity contribution >= 4 is 22.6 Å². The van der Waals surface area contributed by atoms with Gasteiger partial charge in [-0.1, -0.05) is 0 Å². The molecule has 0 spiro atoms. The standard InChI is InChI=1S/C19H20FN3O5/c20-12-5-10-15(23(9-1-2-9)6-11(17(10)24)19(26)27)18(25)16(12)22-7-13-14(8-22)28-4-3-21-13/h5-6,9,13-14,21,25H,1-4,7-8H2,(H,26,27)/t13-,14-/m0/s1. The summed E-state index contributed by atoms with van der Waals surface area (Å²) in [6.45, 7) is 2.21. The number of halogens is 1. The number of phenolic OH excluding ortho intramolecular Hbond substituents is 1. The van der Waals surface area contributed by atoms with Crippen LogP contribution in [-0.4, -0.2) is 59.1 Å². The van der Waals surface area contributed by atoms with E-state index < -0.39 is 22.8 Å². The second-order valence-electron chi connectivity index (χ2n) is 7.64. The van der Waals surface area contributed by atoms with Gasteiger partial charge in [-0.05, 0) is 18.9 Å². The molecule has 3 aliphatic rings. The average Bonchev–Trinajstić information content (AvgIpc) is 3.41. The Balaban J connectivity index is 1.70. The molecule has 148 valence electrons. The molecule has 3 fully saturated rings. The Morgan fingerprint density at radius 1 is 1.32 bits per heavy atom. The topological polar surface area (TPSA) is 104 Å². The summed E-state index contributed by atoms with van der Waals surface area (Å²) in [4.78, 5) is 25.8. The van der Waals surface area contributed by atoms with E-state index in [9.17, 15) is 19.8 Å². The highest BCUT2D eigenvalue weighted by Crippen LogP contribution is 2.43. The van der Waals surface area contributed by atoms with Crippen molar-refractivity contribution in [3.63, 3.8) is 0 Å². The van der Waals surface area contributed by atoms with Gasteiger partial charge in [-0.3, -0.25) is 4.79 Å². The number of aromatic carboxylic acids is 1. The van der Waals surface area contributed by atoms with Crippen molar-refractivity contribution in [2.45, 2.75) is 31.0 Å². The Morgan fingerprint density at radius 2 is 2.11 bits per heavy atom. The van der Waals surface area contributed by atoms with Crippen molar-refractivity contribution in [1.82, 2.24) is 9.88 Å². The third kappa shape index (κ3) is 2.57. The number of hydrogen-bond donors (Lipinski definition) is 3. The van der Waals surface area contributed by atoms with Gasteiger partial charge in [0.05, 0.1) is 29.7 Å². The average molecular weight is 389 g/mol. The molecular formula is C19H20FN3O5. The number of phenols is 1. The molecule has 2 atom stereocenters. The summed E-state index contributed by atoms with van der Waals surface area (Å²) in [5.74, 6) is -2.43. The smallest absolute Gasteiger partial charge is 0.341 e. The van der Waals surface area contributed by atoms with Crippen LogP contribution < -0.4 is 15.6 Å². The molecule has 5 rings (SSSR count). The fourth-order valence-corrected chi connectivity index (χ4v) is 4.33. The quantitative estimate of drug-likeness (QED) is 0.721. The molecule has 9 heteroatoms. The van der Waals surface area contributed by atoms with Crippen molar-refractivity contribution in [2.24, 2.45) is 0 Å². The number of rotatable bonds is 3. The molecule has 1 aromatic heterocycles. The summed E-state index contributed by atoms with van der Waals surface area (Å²) in [6.07, 6.45) is 2.80. The summed E-state index contributed by atoms with van der Waals surface area (Å²) < 4.78 is 22.3. The summed E-state index contributed by atoms with van der Waals surface area (Å²) in [7, 11) is 0. The zero-order chi connectivity index (χ0) is 19.6. The summed E-state index contributed by atoms with van der Waals surface area (Å²) in [5, 5.41) is 23.5. The molecule has 3 heterocycles. The number of carbonyl (C=O) groups is 1. The molecule has 8 nitrogen and oxygen atoms in total. The van der Waals surface area contributed by atoms with E-state index >= 15 is 4.39 Å². The Kier molecular flexibility index (Phi) is 3.85. The Bertz CT molecular complexity index is 1030. The zero-order valence-electron chi connectivity index (χ0n) is 15.0. The first-order chi connectivity index (χ1) is 13.5. The molecule has 0 bridgehead atoms. The number of anilines is 1. The Morgan fingerprint density at radius 3 is 2.79 bits per heavy atom. The van der Waals surface area contributed by atoms with Gasteiger partial charge in [0.25, 0.3) is 0 Å². The minimum Gasteiger partial charge on any atom is -0.504 e. The lowest BCUT2D eigenvalue weighted by molar-refractivity contribution is 0.0212. The third-order valence-electron chi connectivity index (χ3n) is 5.81. The van der Waals surface area contributed by atoms with Crippen molar-refractivity contribution in [1.29, 1.82) is 0 Å². The number of morpholine rings is 1. The van der Waals surface area contributed by atoms with Crippen LogP contribution in [0.1, 0.15) is 29.2 Å². The van der Waals surface area contributed by atoms with Gasteiger partial charge in [0, 0.05) is 31.9 Å². The molecule has 2 saturated heterocycles. The van der Waals surface area contributed by atoms with Gasteiger partial charge in [-0.15, -0.1) is 0 Å². The highest BCUT2D eigenvalue weighted by Gasteiger charge is 2.38. The van der Waals surface area contributed by atoms with Crippen LogP contribution in [0.25, 0.3) is 10.9 Å². The van der Waals surface area contributed by atoms with Gasteiger partial charge < -0.3 is 29.7 Å². The second kappa shape index (κ2) is 6.18. The van der Waals surface area contributed by atoms with Crippen LogP contribution >= 0.6 is 0 Å². The number of carboxylic acid groups (broad SMARTS) is 1. The van der Waals surface area contributed by atoms with Crippen LogP contribution in [0.2, 0.25) is 0 Å². The predicted molar refractivity (Wildman–Crippen MR) is 98.8 cm³/mol. The maximum Gasteiger partial charge on any atom is 0.341 e. The van der Waals surface area contributed by atoms with E-state index in [4.69, 9.17) is 4.74 Å². The largest absolute Gasteiger partial charge is 0.504 e. The van der Waals surface area contributed by atoms with E-state index in [2.05, 4.69) is 5.32 Å². The van der Waals surface area contributed by atoms with E-state index in [1.807, 2.05) is 0 Å². The predicted octanol–water partition coefficient (Wildman–Crippen LogP) is 1.06.